The average Bonchev–Trinajstić information content (AvgIpc) is 3.22. The zero-order chi connectivity index (χ0) is 29.7. The second-order valence-corrected chi connectivity index (χ2v) is 11.6. The first kappa shape index (κ1) is 30.3. The number of nitrogens with zero attached hydrogens (tertiary/aromatic N) is 5. The fourth-order valence-electron chi connectivity index (χ4n) is 5.05. The van der Waals surface area contributed by atoms with Gasteiger partial charge in [-0.1, -0.05) is 37.3 Å². The van der Waals surface area contributed by atoms with Crippen LogP contribution >= 0.6 is 24.0 Å². The summed E-state index contributed by atoms with van der Waals surface area (Å²) in [5.74, 6) is -0.891. The maximum Gasteiger partial charge on any atom is 0.303 e. The number of carbonyl (C=O) groups excluding carboxylic acids is 1. The molecular weight excluding hydrogens is 565 g/mol. The Labute approximate surface area is 247 Å². The second-order valence-electron chi connectivity index (χ2n) is 9.94. The number of carboxylic acid groups (broad SMARTS) is 1. The number of anilines is 2. The number of thiocarbonyl (C=S) groups is 1. The first-order chi connectivity index (χ1) is 19.7. The lowest BCUT2D eigenvalue weighted by atomic mass is 10.0. The molecule has 1 amide bonds. The number of hydrogen-bond acceptors (Lipinski definition) is 8. The number of carboxylic acids is 1. The van der Waals surface area contributed by atoms with E-state index in [4.69, 9.17) is 17.3 Å². The molecule has 1 aromatic heterocycles. The molecule has 216 valence electrons. The monoisotopic (exact) mass is 597 g/mol. The molecule has 0 radical (unpaired) electrons. The minimum atomic E-state index is -0.941. The van der Waals surface area contributed by atoms with Crippen molar-refractivity contribution in [3.63, 3.8) is 0 Å². The van der Waals surface area contributed by atoms with E-state index >= 15 is 0 Å². The van der Waals surface area contributed by atoms with Gasteiger partial charge in [0.15, 0.2) is 0 Å². The van der Waals surface area contributed by atoms with Crippen molar-refractivity contribution in [1.82, 2.24) is 9.47 Å². The highest BCUT2D eigenvalue weighted by Gasteiger charge is 2.33. The van der Waals surface area contributed by atoms with E-state index in [1.807, 2.05) is 6.92 Å². The van der Waals surface area contributed by atoms with Crippen LogP contribution in [0.3, 0.4) is 0 Å². The molecule has 2 aliphatic heterocycles. The zero-order valence-corrected chi connectivity index (χ0v) is 24.7. The van der Waals surface area contributed by atoms with Crippen molar-refractivity contribution in [3.8, 4) is 6.07 Å². The van der Waals surface area contributed by atoms with Gasteiger partial charge in [0, 0.05) is 56.9 Å². The van der Waals surface area contributed by atoms with Crippen molar-refractivity contribution in [2.75, 3.05) is 42.5 Å². The minimum Gasteiger partial charge on any atom is -0.481 e. The average molecular weight is 598 g/mol. The van der Waals surface area contributed by atoms with Crippen LogP contribution in [0.5, 0.6) is 0 Å². The number of benzene rings is 1. The summed E-state index contributed by atoms with van der Waals surface area (Å²) >= 11 is 6.57. The third kappa shape index (κ3) is 6.63. The largest absolute Gasteiger partial charge is 0.481 e. The number of rotatable bonds is 10. The Bertz CT molecular complexity index is 1470. The highest BCUT2D eigenvalue weighted by Crippen LogP contribution is 2.36. The van der Waals surface area contributed by atoms with Crippen molar-refractivity contribution in [2.45, 2.75) is 46.1 Å². The van der Waals surface area contributed by atoms with Crippen LogP contribution in [0.4, 0.5) is 15.9 Å². The van der Waals surface area contributed by atoms with Gasteiger partial charge in [-0.05, 0) is 55.7 Å². The molecule has 0 unspecified atom stereocenters. The number of aromatic nitrogens is 1. The van der Waals surface area contributed by atoms with Crippen molar-refractivity contribution >= 4 is 57.8 Å². The van der Waals surface area contributed by atoms with E-state index in [0.29, 0.717) is 58.9 Å². The van der Waals surface area contributed by atoms with E-state index in [1.54, 1.807) is 29.7 Å². The third-order valence-corrected chi connectivity index (χ3v) is 8.65. The number of carbonyl (C=O) groups is 2. The van der Waals surface area contributed by atoms with Crippen LogP contribution in [0.1, 0.15) is 49.3 Å². The number of nitriles is 1. The summed E-state index contributed by atoms with van der Waals surface area (Å²) in [5.41, 5.74) is 1.72. The van der Waals surface area contributed by atoms with Crippen LogP contribution in [-0.2, 0) is 16.1 Å². The lowest BCUT2D eigenvalue weighted by Gasteiger charge is -2.39. The number of piperazine rings is 1. The first-order valence-corrected chi connectivity index (χ1v) is 14.8. The number of amides is 1. The predicted molar refractivity (Wildman–Crippen MR) is 163 cm³/mol. The molecule has 2 aliphatic rings. The fraction of sp³-hybridized carbons (Fsp3) is 0.414. The molecule has 0 saturated carbocycles. The van der Waals surface area contributed by atoms with Crippen molar-refractivity contribution in [2.24, 2.45) is 0 Å². The van der Waals surface area contributed by atoms with E-state index < -0.39 is 5.97 Å². The quantitative estimate of drug-likeness (QED) is 0.316. The molecule has 2 aromatic rings. The molecule has 12 heteroatoms. The molecule has 9 nitrogen and oxygen atoms in total. The van der Waals surface area contributed by atoms with Crippen molar-refractivity contribution in [1.29, 1.82) is 5.26 Å². The smallest absolute Gasteiger partial charge is 0.303 e. The number of halogens is 1. The van der Waals surface area contributed by atoms with Crippen LogP contribution in [-0.4, -0.2) is 63.5 Å². The Kier molecular flexibility index (Phi) is 9.83. The molecule has 3 heterocycles. The summed E-state index contributed by atoms with van der Waals surface area (Å²) in [6.07, 6.45) is 3.51. The van der Waals surface area contributed by atoms with E-state index in [2.05, 4.69) is 15.9 Å². The topological polar surface area (TPSA) is 110 Å². The Morgan fingerprint density at radius 2 is 1.78 bits per heavy atom. The molecule has 1 N–H and O–H groups in total. The molecule has 0 atom stereocenters. The van der Waals surface area contributed by atoms with Gasteiger partial charge >= 0.3 is 5.97 Å². The number of unbranched alkanes of at least 4 members (excludes halogenated alkanes) is 1. The summed E-state index contributed by atoms with van der Waals surface area (Å²) in [4.78, 5) is 43.8. The van der Waals surface area contributed by atoms with Crippen LogP contribution < -0.4 is 15.4 Å². The zero-order valence-electron chi connectivity index (χ0n) is 23.1. The predicted octanol–water partition coefficient (Wildman–Crippen LogP) is 4.36. The third-order valence-electron chi connectivity index (χ3n) is 7.27. The SMILES string of the molecule is CCCCn1c(N2CCN(c3ccc(F)cc3)CC2)c(/C=C2\SC(=S)N(CCCC(=O)O)C2=O)c(C)c(C#N)c1=O. The Balaban J connectivity index is 1.74. The molecule has 41 heavy (non-hydrogen) atoms. The van der Waals surface area contributed by atoms with E-state index in [-0.39, 0.29) is 42.2 Å². The van der Waals surface area contributed by atoms with Crippen LogP contribution in [0, 0.1) is 24.1 Å². The summed E-state index contributed by atoms with van der Waals surface area (Å²) in [6, 6.07) is 8.44. The molecule has 0 bridgehead atoms. The Morgan fingerprint density at radius 3 is 2.39 bits per heavy atom. The van der Waals surface area contributed by atoms with Gasteiger partial charge in [0.1, 0.15) is 27.6 Å². The van der Waals surface area contributed by atoms with Gasteiger partial charge in [-0.25, -0.2) is 4.39 Å². The summed E-state index contributed by atoms with van der Waals surface area (Å²) in [7, 11) is 0. The van der Waals surface area contributed by atoms with E-state index in [0.717, 1.165) is 30.3 Å². The molecule has 2 saturated heterocycles. The van der Waals surface area contributed by atoms with Crippen molar-refractivity contribution in [3.05, 3.63) is 62.0 Å². The lowest BCUT2D eigenvalue weighted by molar-refractivity contribution is -0.137. The van der Waals surface area contributed by atoms with Gasteiger partial charge in [0.2, 0.25) is 0 Å². The fourth-order valence-corrected chi connectivity index (χ4v) is 6.34. The normalized spacial score (nSPS) is 16.5. The molecule has 0 spiro atoms. The number of pyridine rings is 1. The molecule has 0 aliphatic carbocycles. The van der Waals surface area contributed by atoms with E-state index in [1.165, 1.54) is 17.0 Å². The van der Waals surface area contributed by atoms with E-state index in [9.17, 15) is 24.0 Å². The highest BCUT2D eigenvalue weighted by molar-refractivity contribution is 8.26. The maximum atomic E-state index is 13.5. The van der Waals surface area contributed by atoms with Gasteiger partial charge < -0.3 is 14.9 Å². The summed E-state index contributed by atoms with van der Waals surface area (Å²) in [6.45, 7) is 6.80. The highest BCUT2D eigenvalue weighted by atomic mass is 32.2. The Morgan fingerprint density at radius 1 is 1.12 bits per heavy atom. The van der Waals surface area contributed by atoms with Gasteiger partial charge in [0.25, 0.3) is 11.5 Å². The summed E-state index contributed by atoms with van der Waals surface area (Å²) < 4.78 is 15.5. The molecule has 1 aromatic carbocycles. The second kappa shape index (κ2) is 13.3. The van der Waals surface area contributed by atoms with Crippen molar-refractivity contribution < 1.29 is 19.1 Å². The minimum absolute atomic E-state index is 0.0398. The van der Waals surface area contributed by atoms with Crippen LogP contribution in [0.15, 0.2) is 34.0 Å². The molecule has 4 rings (SSSR count). The standard InChI is InChI=1S/C29H32FN5O4S2/c1-3-4-11-34-26(33-15-13-32(14-16-33)21-9-7-20(30)8-10-21)22(19(2)23(18-31)27(34)38)17-24-28(39)35(29(40)41-24)12-5-6-25(36)37/h7-10,17H,3-6,11-16H2,1-2H3,(H,36,37)/b24-17-. The van der Waals surface area contributed by atoms with Gasteiger partial charge in [-0.3, -0.25) is 23.9 Å². The summed E-state index contributed by atoms with van der Waals surface area (Å²) in [5, 5.41) is 18.9. The maximum absolute atomic E-state index is 13.5. The molecular formula is C29H32FN5O4S2. The van der Waals surface area contributed by atoms with Gasteiger partial charge in [0.05, 0.1) is 4.91 Å². The Hall–Kier alpha value is -3.69. The number of hydrogen-bond donors (Lipinski definition) is 1. The van der Waals surface area contributed by atoms with Crippen LogP contribution in [0.25, 0.3) is 6.08 Å². The molecule has 2 fully saturated rings. The van der Waals surface area contributed by atoms with Gasteiger partial charge in [-0.15, -0.1) is 0 Å². The number of thioether (sulfide) groups is 1. The van der Waals surface area contributed by atoms with Crippen LogP contribution in [0.2, 0.25) is 0 Å². The number of aliphatic carboxylic acids is 1. The van der Waals surface area contributed by atoms with Gasteiger partial charge in [-0.2, -0.15) is 5.26 Å². The lowest BCUT2D eigenvalue weighted by Crippen LogP contribution is -2.48. The first-order valence-electron chi connectivity index (χ1n) is 13.6.